The van der Waals surface area contributed by atoms with E-state index in [1.807, 2.05) is 38.1 Å². The topological polar surface area (TPSA) is 50.1 Å². The van der Waals surface area contributed by atoms with Crippen molar-refractivity contribution in [3.63, 3.8) is 0 Å². The highest BCUT2D eigenvalue weighted by Crippen LogP contribution is 2.28. The Labute approximate surface area is 107 Å². The quantitative estimate of drug-likeness (QED) is 0.819. The highest BCUT2D eigenvalue weighted by molar-refractivity contribution is 5.91. The first-order valence-corrected chi connectivity index (χ1v) is 6.25. The van der Waals surface area contributed by atoms with Gasteiger partial charge in [0.25, 0.3) is 0 Å². The van der Waals surface area contributed by atoms with Crippen molar-refractivity contribution in [3.05, 3.63) is 35.4 Å². The van der Waals surface area contributed by atoms with E-state index in [0.717, 1.165) is 17.5 Å². The molecule has 1 fully saturated rings. The van der Waals surface area contributed by atoms with Crippen LogP contribution in [0, 0.1) is 24.2 Å². The summed E-state index contributed by atoms with van der Waals surface area (Å²) in [6.07, 6.45) is 0.656. The summed E-state index contributed by atoms with van der Waals surface area (Å²) in [6.45, 7) is 4.50. The predicted octanol–water partition coefficient (Wildman–Crippen LogP) is 2.60. The Morgan fingerprint density at radius 3 is 2.61 bits per heavy atom. The van der Waals surface area contributed by atoms with E-state index in [1.54, 1.807) is 0 Å². The number of rotatable bonds is 3. The molecule has 1 heterocycles. The van der Waals surface area contributed by atoms with E-state index in [9.17, 15) is 10.1 Å². The number of benzene rings is 1. The fraction of sp³-hybridized carbons (Fsp3) is 0.467. The molecule has 0 spiro atoms. The van der Waals surface area contributed by atoms with Crippen LogP contribution in [0.25, 0.3) is 0 Å². The molecule has 3 heteroatoms. The van der Waals surface area contributed by atoms with Gasteiger partial charge in [-0.3, -0.25) is 4.79 Å². The molecule has 0 aromatic heterocycles. The lowest BCUT2D eigenvalue weighted by atomic mass is 9.85. The van der Waals surface area contributed by atoms with Crippen molar-refractivity contribution >= 4 is 5.78 Å². The average molecular weight is 243 g/mol. The second-order valence-corrected chi connectivity index (χ2v) is 4.85. The monoisotopic (exact) mass is 243 g/mol. The first kappa shape index (κ1) is 12.8. The van der Waals surface area contributed by atoms with E-state index in [-0.39, 0.29) is 17.8 Å². The summed E-state index contributed by atoms with van der Waals surface area (Å²) in [5, 5.41) is 9.25. The van der Waals surface area contributed by atoms with Crippen LogP contribution in [0.15, 0.2) is 24.3 Å². The third-order valence-corrected chi connectivity index (χ3v) is 3.57. The molecule has 94 valence electrons. The highest BCUT2D eigenvalue weighted by atomic mass is 16.5. The molecular formula is C15H17NO2. The lowest BCUT2D eigenvalue weighted by Gasteiger charge is -2.16. The van der Waals surface area contributed by atoms with Gasteiger partial charge >= 0.3 is 0 Å². The first-order valence-electron chi connectivity index (χ1n) is 6.25. The summed E-state index contributed by atoms with van der Waals surface area (Å²) in [6, 6.07) is 9.72. The molecule has 3 unspecified atom stereocenters. The number of nitriles is 1. The number of Topliss-reactive ketones (excluding diaryl/α,β-unsaturated/α-hetero) is 1. The Morgan fingerprint density at radius 1 is 1.44 bits per heavy atom. The zero-order valence-corrected chi connectivity index (χ0v) is 10.7. The minimum absolute atomic E-state index is 0.00801. The number of ketones is 1. The Kier molecular flexibility index (Phi) is 3.78. The van der Waals surface area contributed by atoms with Crippen molar-refractivity contribution < 1.29 is 9.53 Å². The van der Waals surface area contributed by atoms with Gasteiger partial charge < -0.3 is 4.74 Å². The molecule has 1 aromatic rings. The van der Waals surface area contributed by atoms with Crippen LogP contribution in [0.3, 0.4) is 0 Å². The molecular weight excluding hydrogens is 226 g/mol. The molecule has 0 bridgehead atoms. The van der Waals surface area contributed by atoms with Gasteiger partial charge in [0.05, 0.1) is 12.2 Å². The summed E-state index contributed by atoms with van der Waals surface area (Å²) in [7, 11) is 0. The first-order chi connectivity index (χ1) is 8.63. The molecule has 18 heavy (non-hydrogen) atoms. The summed E-state index contributed by atoms with van der Waals surface area (Å²) >= 11 is 0. The molecule has 0 amide bonds. The number of aryl methyl sites for hydroxylation is 1. The van der Waals surface area contributed by atoms with Gasteiger partial charge in [-0.25, -0.2) is 0 Å². The fourth-order valence-corrected chi connectivity index (χ4v) is 2.38. The molecule has 1 saturated heterocycles. The lowest BCUT2D eigenvalue weighted by Crippen LogP contribution is -2.26. The van der Waals surface area contributed by atoms with Crippen LogP contribution in [0.2, 0.25) is 0 Å². The maximum atomic E-state index is 12.4. The number of ether oxygens (including phenoxy) is 1. The van der Waals surface area contributed by atoms with Crippen molar-refractivity contribution in [3.8, 4) is 6.07 Å². The summed E-state index contributed by atoms with van der Waals surface area (Å²) in [5.74, 6) is -0.818. The van der Waals surface area contributed by atoms with Crippen LogP contribution in [0.4, 0.5) is 0 Å². The van der Waals surface area contributed by atoms with Crippen LogP contribution in [0.1, 0.15) is 30.4 Å². The van der Waals surface area contributed by atoms with E-state index < -0.39 is 5.92 Å². The van der Waals surface area contributed by atoms with Crippen molar-refractivity contribution in [2.24, 2.45) is 5.92 Å². The van der Waals surface area contributed by atoms with E-state index in [1.165, 1.54) is 0 Å². The SMILES string of the molecule is Cc1ccc(C(C#N)C(=O)C2CCOC2C)cc1. The summed E-state index contributed by atoms with van der Waals surface area (Å²) in [4.78, 5) is 12.4. The maximum Gasteiger partial charge on any atom is 0.160 e. The number of hydrogen-bond acceptors (Lipinski definition) is 3. The molecule has 0 saturated carbocycles. The minimum atomic E-state index is -0.667. The Balaban J connectivity index is 2.21. The molecule has 3 nitrogen and oxygen atoms in total. The molecule has 2 rings (SSSR count). The number of carbonyl (C=O) groups is 1. The van der Waals surface area contributed by atoms with E-state index in [2.05, 4.69) is 6.07 Å². The normalized spacial score (nSPS) is 24.5. The van der Waals surface area contributed by atoms with E-state index in [0.29, 0.717) is 6.61 Å². The molecule has 0 aliphatic carbocycles. The Morgan fingerprint density at radius 2 is 2.11 bits per heavy atom. The lowest BCUT2D eigenvalue weighted by molar-refractivity contribution is -0.124. The van der Waals surface area contributed by atoms with Gasteiger partial charge in [0.15, 0.2) is 5.78 Å². The van der Waals surface area contributed by atoms with E-state index >= 15 is 0 Å². The van der Waals surface area contributed by atoms with Gasteiger partial charge in [0, 0.05) is 12.5 Å². The predicted molar refractivity (Wildman–Crippen MR) is 68.1 cm³/mol. The zero-order valence-electron chi connectivity index (χ0n) is 10.7. The van der Waals surface area contributed by atoms with Gasteiger partial charge in [-0.15, -0.1) is 0 Å². The van der Waals surface area contributed by atoms with Crippen molar-refractivity contribution in [2.75, 3.05) is 6.61 Å². The van der Waals surface area contributed by atoms with Crippen molar-refractivity contribution in [1.29, 1.82) is 5.26 Å². The maximum absolute atomic E-state index is 12.4. The molecule has 3 atom stereocenters. The number of carbonyl (C=O) groups excluding carboxylic acids is 1. The van der Waals surface area contributed by atoms with Crippen molar-refractivity contribution in [1.82, 2.24) is 0 Å². The van der Waals surface area contributed by atoms with Gasteiger partial charge in [-0.05, 0) is 25.8 Å². The summed E-state index contributed by atoms with van der Waals surface area (Å²) < 4.78 is 5.41. The van der Waals surface area contributed by atoms with Gasteiger partial charge in [-0.2, -0.15) is 5.26 Å². The fourth-order valence-electron chi connectivity index (χ4n) is 2.38. The number of hydrogen-bond donors (Lipinski definition) is 0. The minimum Gasteiger partial charge on any atom is -0.378 e. The van der Waals surface area contributed by atoms with Crippen LogP contribution in [-0.4, -0.2) is 18.5 Å². The molecule has 1 aliphatic heterocycles. The van der Waals surface area contributed by atoms with Crippen LogP contribution >= 0.6 is 0 Å². The van der Waals surface area contributed by atoms with E-state index in [4.69, 9.17) is 4.74 Å². The van der Waals surface area contributed by atoms with Crippen LogP contribution in [0.5, 0.6) is 0 Å². The van der Waals surface area contributed by atoms with Gasteiger partial charge in [-0.1, -0.05) is 29.8 Å². The van der Waals surface area contributed by atoms with Gasteiger partial charge in [0.1, 0.15) is 5.92 Å². The Bertz CT molecular complexity index is 472. The molecule has 1 aromatic carbocycles. The third kappa shape index (κ3) is 2.44. The van der Waals surface area contributed by atoms with Crippen LogP contribution in [-0.2, 0) is 9.53 Å². The largest absolute Gasteiger partial charge is 0.378 e. The van der Waals surface area contributed by atoms with Crippen LogP contribution < -0.4 is 0 Å². The summed E-state index contributed by atoms with van der Waals surface area (Å²) in [5.41, 5.74) is 1.91. The molecule has 0 radical (unpaired) electrons. The second kappa shape index (κ2) is 5.32. The zero-order chi connectivity index (χ0) is 13.1. The highest BCUT2D eigenvalue weighted by Gasteiger charge is 2.35. The smallest absolute Gasteiger partial charge is 0.160 e. The second-order valence-electron chi connectivity index (χ2n) is 4.85. The Hall–Kier alpha value is -1.66. The average Bonchev–Trinajstić information content (AvgIpc) is 2.78. The standard InChI is InChI=1S/C15H17NO2/c1-10-3-5-12(6-4-10)14(9-16)15(17)13-7-8-18-11(13)2/h3-6,11,13-14H,7-8H2,1-2H3. The molecule has 0 N–H and O–H groups in total. The third-order valence-electron chi connectivity index (χ3n) is 3.57. The van der Waals surface area contributed by atoms with Gasteiger partial charge in [0.2, 0.25) is 0 Å². The molecule has 1 aliphatic rings. The number of nitrogens with zero attached hydrogens (tertiary/aromatic N) is 1. The van der Waals surface area contributed by atoms with Crippen molar-refractivity contribution in [2.45, 2.75) is 32.3 Å².